The van der Waals surface area contributed by atoms with E-state index in [0.717, 1.165) is 53.7 Å². The predicted molar refractivity (Wildman–Crippen MR) is 139 cm³/mol. The first-order valence-electron chi connectivity index (χ1n) is 11.5. The number of benzene rings is 2. The van der Waals surface area contributed by atoms with Gasteiger partial charge in [-0.15, -0.1) is 0 Å². The number of anilines is 3. The second-order valence-electron chi connectivity index (χ2n) is 9.05. The molecule has 1 aromatic heterocycles. The average Bonchev–Trinajstić information content (AvgIpc) is 2.81. The van der Waals surface area contributed by atoms with Gasteiger partial charge in [-0.2, -0.15) is 0 Å². The lowest BCUT2D eigenvalue weighted by Crippen LogP contribution is -2.36. The maximum absolute atomic E-state index is 12.3. The van der Waals surface area contributed by atoms with E-state index in [9.17, 15) is 4.79 Å². The van der Waals surface area contributed by atoms with Gasteiger partial charge in [0.25, 0.3) is 0 Å². The number of fused-ring (bicyclic) bond motifs is 1. The summed E-state index contributed by atoms with van der Waals surface area (Å²) < 4.78 is 0. The molecular formula is C26H32ClN5O. The molecular weight excluding hydrogens is 434 g/mol. The minimum Gasteiger partial charge on any atom is -0.377 e. The molecule has 4 rings (SSSR count). The van der Waals surface area contributed by atoms with Gasteiger partial charge >= 0.3 is 6.03 Å². The van der Waals surface area contributed by atoms with Crippen molar-refractivity contribution in [2.45, 2.75) is 38.6 Å². The van der Waals surface area contributed by atoms with Crippen LogP contribution in [0.1, 0.15) is 31.2 Å². The molecule has 0 atom stereocenters. The van der Waals surface area contributed by atoms with E-state index in [4.69, 9.17) is 16.6 Å². The van der Waals surface area contributed by atoms with Gasteiger partial charge in [0.2, 0.25) is 0 Å². The molecule has 7 heteroatoms. The number of nitrogens with zero attached hydrogens (tertiary/aromatic N) is 2. The molecule has 3 aromatic rings. The molecule has 0 aliphatic heterocycles. The minimum absolute atomic E-state index is 0.183. The van der Waals surface area contributed by atoms with Crippen molar-refractivity contribution in [1.29, 1.82) is 0 Å². The smallest absolute Gasteiger partial charge is 0.319 e. The number of hydrogen-bond acceptors (Lipinski definition) is 4. The van der Waals surface area contributed by atoms with E-state index in [-0.39, 0.29) is 6.03 Å². The Bertz CT molecular complexity index is 1120. The number of halogens is 1. The van der Waals surface area contributed by atoms with Crippen molar-refractivity contribution in [3.05, 3.63) is 59.1 Å². The van der Waals surface area contributed by atoms with Crippen LogP contribution < -0.4 is 20.9 Å². The molecule has 1 heterocycles. The SMILES string of the molecule is Cc1c(Cl)cccc1NC(=O)NCC1CCC(Nc2cc(N(C)C)c3ccccc3n2)CC1. The normalized spacial score (nSPS) is 18.1. The van der Waals surface area contributed by atoms with E-state index in [1.165, 1.54) is 5.69 Å². The maximum atomic E-state index is 12.3. The summed E-state index contributed by atoms with van der Waals surface area (Å²) in [6.07, 6.45) is 4.27. The van der Waals surface area contributed by atoms with Gasteiger partial charge in [-0.05, 0) is 62.3 Å². The molecule has 174 valence electrons. The first kappa shape index (κ1) is 23.2. The fraction of sp³-hybridized carbons (Fsp3) is 0.385. The van der Waals surface area contributed by atoms with Gasteiger partial charge in [-0.1, -0.05) is 35.9 Å². The van der Waals surface area contributed by atoms with E-state index in [0.29, 0.717) is 23.5 Å². The van der Waals surface area contributed by atoms with Crippen LogP contribution in [-0.4, -0.2) is 37.7 Å². The number of hydrogen-bond donors (Lipinski definition) is 3. The highest BCUT2D eigenvalue weighted by molar-refractivity contribution is 6.31. The number of carbonyl (C=O) groups excluding carboxylic acids is 1. The van der Waals surface area contributed by atoms with Crippen molar-refractivity contribution >= 4 is 45.7 Å². The molecule has 1 fully saturated rings. The molecule has 0 unspecified atom stereocenters. The van der Waals surface area contributed by atoms with Crippen molar-refractivity contribution in [1.82, 2.24) is 10.3 Å². The van der Waals surface area contributed by atoms with Gasteiger partial charge in [-0.3, -0.25) is 0 Å². The summed E-state index contributed by atoms with van der Waals surface area (Å²) in [4.78, 5) is 19.3. The number of amides is 2. The second-order valence-corrected chi connectivity index (χ2v) is 9.45. The topological polar surface area (TPSA) is 69.3 Å². The van der Waals surface area contributed by atoms with Crippen molar-refractivity contribution in [3.8, 4) is 0 Å². The zero-order valence-electron chi connectivity index (χ0n) is 19.5. The van der Waals surface area contributed by atoms with Gasteiger partial charge < -0.3 is 20.9 Å². The number of carbonyl (C=O) groups is 1. The van der Waals surface area contributed by atoms with E-state index in [1.807, 2.05) is 31.2 Å². The fourth-order valence-electron chi connectivity index (χ4n) is 4.47. The number of aromatic nitrogens is 1. The van der Waals surface area contributed by atoms with E-state index in [2.05, 4.69) is 59.2 Å². The van der Waals surface area contributed by atoms with Gasteiger partial charge in [-0.25, -0.2) is 9.78 Å². The van der Waals surface area contributed by atoms with Crippen LogP contribution >= 0.6 is 11.6 Å². The molecule has 1 aliphatic rings. The zero-order chi connectivity index (χ0) is 23.4. The molecule has 2 aromatic carbocycles. The van der Waals surface area contributed by atoms with Crippen LogP contribution in [0, 0.1) is 12.8 Å². The van der Waals surface area contributed by atoms with Crippen LogP contribution in [0.25, 0.3) is 10.9 Å². The van der Waals surface area contributed by atoms with Crippen molar-refractivity contribution in [2.24, 2.45) is 5.92 Å². The number of para-hydroxylation sites is 1. The summed E-state index contributed by atoms with van der Waals surface area (Å²) in [5.74, 6) is 1.41. The fourth-order valence-corrected chi connectivity index (χ4v) is 4.64. The third-order valence-electron chi connectivity index (χ3n) is 6.44. The molecule has 0 bridgehead atoms. The summed E-state index contributed by atoms with van der Waals surface area (Å²) in [6, 6.07) is 16.1. The Morgan fingerprint density at radius 2 is 1.85 bits per heavy atom. The van der Waals surface area contributed by atoms with Gasteiger partial charge in [0.1, 0.15) is 5.82 Å². The predicted octanol–water partition coefficient (Wildman–Crippen LogP) is 6.06. The number of nitrogens with one attached hydrogen (secondary N) is 3. The summed E-state index contributed by atoms with van der Waals surface area (Å²) in [5, 5.41) is 11.4. The highest BCUT2D eigenvalue weighted by Gasteiger charge is 2.22. The van der Waals surface area contributed by atoms with Crippen LogP contribution in [0.4, 0.5) is 22.0 Å². The largest absolute Gasteiger partial charge is 0.377 e. The highest BCUT2D eigenvalue weighted by Crippen LogP contribution is 2.30. The van der Waals surface area contributed by atoms with E-state index in [1.54, 1.807) is 0 Å². The van der Waals surface area contributed by atoms with Crippen LogP contribution in [0.3, 0.4) is 0 Å². The molecule has 6 nitrogen and oxygen atoms in total. The van der Waals surface area contributed by atoms with Crippen LogP contribution in [0.5, 0.6) is 0 Å². The highest BCUT2D eigenvalue weighted by atomic mass is 35.5. The third kappa shape index (κ3) is 5.69. The van der Waals surface area contributed by atoms with Crippen LogP contribution in [0.15, 0.2) is 48.5 Å². The number of pyridine rings is 1. The quantitative estimate of drug-likeness (QED) is 0.414. The Kier molecular flexibility index (Phi) is 7.23. The summed E-state index contributed by atoms with van der Waals surface area (Å²) in [5.41, 5.74) is 3.79. The Hall–Kier alpha value is -2.99. The lowest BCUT2D eigenvalue weighted by atomic mass is 9.86. The van der Waals surface area contributed by atoms with Crippen molar-refractivity contribution in [3.63, 3.8) is 0 Å². The third-order valence-corrected chi connectivity index (χ3v) is 6.85. The lowest BCUT2D eigenvalue weighted by molar-refractivity contribution is 0.246. The molecule has 0 spiro atoms. The lowest BCUT2D eigenvalue weighted by Gasteiger charge is -2.30. The van der Waals surface area contributed by atoms with Crippen molar-refractivity contribution in [2.75, 3.05) is 36.2 Å². The Balaban J connectivity index is 1.28. The Morgan fingerprint density at radius 3 is 2.61 bits per heavy atom. The van der Waals surface area contributed by atoms with E-state index < -0.39 is 0 Å². The van der Waals surface area contributed by atoms with Crippen LogP contribution in [-0.2, 0) is 0 Å². The summed E-state index contributed by atoms with van der Waals surface area (Å²) in [6.45, 7) is 2.58. The van der Waals surface area contributed by atoms with Gasteiger partial charge in [0.05, 0.1) is 5.52 Å². The molecule has 3 N–H and O–H groups in total. The average molecular weight is 466 g/mol. The number of urea groups is 1. The van der Waals surface area contributed by atoms with Crippen LogP contribution in [0.2, 0.25) is 5.02 Å². The number of rotatable bonds is 6. The Morgan fingerprint density at radius 1 is 1.09 bits per heavy atom. The first-order chi connectivity index (χ1) is 15.9. The summed E-state index contributed by atoms with van der Waals surface area (Å²) in [7, 11) is 4.13. The first-order valence-corrected chi connectivity index (χ1v) is 11.9. The molecule has 1 saturated carbocycles. The zero-order valence-corrected chi connectivity index (χ0v) is 20.2. The Labute approximate surface area is 200 Å². The van der Waals surface area contributed by atoms with Crippen molar-refractivity contribution < 1.29 is 4.79 Å². The monoisotopic (exact) mass is 465 g/mol. The second kappa shape index (κ2) is 10.3. The molecule has 1 aliphatic carbocycles. The maximum Gasteiger partial charge on any atom is 0.319 e. The molecule has 0 radical (unpaired) electrons. The van der Waals surface area contributed by atoms with Gasteiger partial charge in [0.15, 0.2) is 0 Å². The molecule has 0 saturated heterocycles. The van der Waals surface area contributed by atoms with E-state index >= 15 is 0 Å². The molecule has 33 heavy (non-hydrogen) atoms. The molecule has 2 amide bonds. The van der Waals surface area contributed by atoms with Gasteiger partial charge in [0, 0.05) is 54.5 Å². The minimum atomic E-state index is -0.183. The standard InChI is InChI=1S/C26H32ClN5O/c1-17-21(27)8-6-10-22(17)31-26(33)28-16-18-11-13-19(14-12-18)29-25-15-24(32(2)3)20-7-4-5-9-23(20)30-25/h4-10,15,18-19H,11-14,16H2,1-3H3,(H,29,30)(H2,28,31,33). The summed E-state index contributed by atoms with van der Waals surface area (Å²) >= 11 is 6.14.